The molecule has 0 radical (unpaired) electrons. The molecule has 1 amide bonds. The molecule has 1 aliphatic rings. The van der Waals surface area contributed by atoms with E-state index in [4.69, 9.17) is 4.42 Å². The van der Waals surface area contributed by atoms with Crippen LogP contribution in [0.3, 0.4) is 0 Å². The Morgan fingerprint density at radius 2 is 1.70 bits per heavy atom. The lowest BCUT2D eigenvalue weighted by atomic mass is 10.2. The van der Waals surface area contributed by atoms with Gasteiger partial charge in [0, 0.05) is 32.7 Å². The van der Waals surface area contributed by atoms with Crippen molar-refractivity contribution in [2.45, 2.75) is 24.5 Å². The minimum absolute atomic E-state index is 0.178. The van der Waals surface area contributed by atoms with Crippen LogP contribution in [0, 0.1) is 5.92 Å². The summed E-state index contributed by atoms with van der Waals surface area (Å²) in [4.78, 5) is 17.0. The Morgan fingerprint density at radius 1 is 1.04 bits per heavy atom. The number of nitrogens with zero attached hydrogens (tertiary/aromatic N) is 2. The molecule has 2 aromatic rings. The van der Waals surface area contributed by atoms with Gasteiger partial charge in [-0.1, -0.05) is 32.0 Å². The van der Waals surface area contributed by atoms with E-state index >= 15 is 0 Å². The largest absolute Gasteiger partial charge is 0.455 e. The molecule has 0 atom stereocenters. The van der Waals surface area contributed by atoms with E-state index in [9.17, 15) is 13.2 Å². The second-order valence-corrected chi connectivity index (χ2v) is 9.31. The van der Waals surface area contributed by atoms with Crippen molar-refractivity contribution in [3.63, 3.8) is 0 Å². The van der Waals surface area contributed by atoms with Gasteiger partial charge in [-0.05, 0) is 30.2 Å². The number of amides is 1. The Labute approximate surface area is 160 Å². The first-order valence-corrected chi connectivity index (χ1v) is 10.9. The number of carbonyl (C=O) groups is 1. The summed E-state index contributed by atoms with van der Waals surface area (Å²) >= 11 is 0. The van der Waals surface area contributed by atoms with Gasteiger partial charge in [-0.2, -0.15) is 0 Å². The summed E-state index contributed by atoms with van der Waals surface area (Å²) in [6.07, 6.45) is 0. The standard InChI is InChI=1S/C20H26N2O4S/c1-16(2)14-21-10-12-22(13-11-21)20(23)19-9-8-17(26-19)15-27(24,25)18-6-4-3-5-7-18/h3-9,16H,10-15H2,1-2H3. The average molecular weight is 391 g/mol. The van der Waals surface area contributed by atoms with Gasteiger partial charge in [0.05, 0.1) is 4.90 Å². The van der Waals surface area contributed by atoms with E-state index in [0.29, 0.717) is 19.0 Å². The van der Waals surface area contributed by atoms with Crippen LogP contribution >= 0.6 is 0 Å². The molecule has 0 saturated carbocycles. The lowest BCUT2D eigenvalue weighted by molar-refractivity contribution is 0.0592. The molecule has 3 rings (SSSR count). The Kier molecular flexibility index (Phi) is 6.01. The fraction of sp³-hybridized carbons (Fsp3) is 0.450. The summed E-state index contributed by atoms with van der Waals surface area (Å²) in [5.74, 6) is 0.646. The Bertz CT molecular complexity index is 866. The summed E-state index contributed by atoms with van der Waals surface area (Å²) < 4.78 is 30.5. The van der Waals surface area contributed by atoms with E-state index in [1.165, 1.54) is 0 Å². The topological polar surface area (TPSA) is 70.8 Å². The molecule has 0 aliphatic carbocycles. The van der Waals surface area contributed by atoms with Crippen LogP contribution in [-0.4, -0.2) is 56.8 Å². The average Bonchev–Trinajstić information content (AvgIpc) is 3.10. The first-order valence-electron chi connectivity index (χ1n) is 9.23. The van der Waals surface area contributed by atoms with Gasteiger partial charge in [0.25, 0.3) is 5.91 Å². The molecule has 1 aromatic carbocycles. The highest BCUT2D eigenvalue weighted by molar-refractivity contribution is 7.90. The number of hydrogen-bond acceptors (Lipinski definition) is 5. The number of rotatable bonds is 6. The van der Waals surface area contributed by atoms with Gasteiger partial charge in [0.2, 0.25) is 0 Å². The molecule has 27 heavy (non-hydrogen) atoms. The molecule has 1 aliphatic heterocycles. The molecule has 1 aromatic heterocycles. The monoisotopic (exact) mass is 390 g/mol. The Hall–Kier alpha value is -2.12. The highest BCUT2D eigenvalue weighted by Crippen LogP contribution is 2.19. The molecule has 0 unspecified atom stereocenters. The van der Waals surface area contributed by atoms with Crippen molar-refractivity contribution in [2.75, 3.05) is 32.7 Å². The fourth-order valence-electron chi connectivity index (χ4n) is 3.27. The number of piperazine rings is 1. The van der Waals surface area contributed by atoms with Crippen LogP contribution in [0.2, 0.25) is 0 Å². The highest BCUT2D eigenvalue weighted by atomic mass is 32.2. The molecule has 7 heteroatoms. The number of benzene rings is 1. The van der Waals surface area contributed by atoms with Crippen LogP contribution in [0.4, 0.5) is 0 Å². The third kappa shape index (κ3) is 4.99. The maximum atomic E-state index is 12.6. The number of furan rings is 1. The van der Waals surface area contributed by atoms with Crippen LogP contribution in [0.15, 0.2) is 51.8 Å². The molecule has 1 saturated heterocycles. The summed E-state index contributed by atoms with van der Waals surface area (Å²) in [5, 5.41) is 0. The van der Waals surface area contributed by atoms with E-state index in [1.54, 1.807) is 47.4 Å². The lowest BCUT2D eigenvalue weighted by Gasteiger charge is -2.35. The Morgan fingerprint density at radius 3 is 2.33 bits per heavy atom. The zero-order chi connectivity index (χ0) is 19.4. The minimum atomic E-state index is -3.49. The maximum absolute atomic E-state index is 12.6. The van der Waals surface area contributed by atoms with Crippen LogP contribution in [-0.2, 0) is 15.6 Å². The molecule has 0 N–H and O–H groups in total. The Balaban J connectivity index is 1.62. The third-order valence-corrected chi connectivity index (χ3v) is 6.24. The number of sulfone groups is 1. The number of hydrogen-bond donors (Lipinski definition) is 0. The van der Waals surface area contributed by atoms with Crippen molar-refractivity contribution in [1.29, 1.82) is 0 Å². The second-order valence-electron chi connectivity index (χ2n) is 7.32. The predicted molar refractivity (Wildman–Crippen MR) is 103 cm³/mol. The molecule has 6 nitrogen and oxygen atoms in total. The molecule has 2 heterocycles. The minimum Gasteiger partial charge on any atom is -0.455 e. The zero-order valence-electron chi connectivity index (χ0n) is 15.8. The van der Waals surface area contributed by atoms with E-state index in [0.717, 1.165) is 19.6 Å². The highest BCUT2D eigenvalue weighted by Gasteiger charge is 2.25. The van der Waals surface area contributed by atoms with Crippen molar-refractivity contribution in [1.82, 2.24) is 9.80 Å². The van der Waals surface area contributed by atoms with Crippen LogP contribution in [0.5, 0.6) is 0 Å². The van der Waals surface area contributed by atoms with Crippen LogP contribution < -0.4 is 0 Å². The van der Waals surface area contributed by atoms with Crippen molar-refractivity contribution in [2.24, 2.45) is 5.92 Å². The van der Waals surface area contributed by atoms with Gasteiger partial charge in [-0.25, -0.2) is 8.42 Å². The van der Waals surface area contributed by atoms with Gasteiger partial charge in [0.1, 0.15) is 11.5 Å². The van der Waals surface area contributed by atoms with Gasteiger partial charge >= 0.3 is 0 Å². The molecule has 1 fully saturated rings. The first kappa shape index (κ1) is 19.6. The van der Waals surface area contributed by atoms with E-state index in [-0.39, 0.29) is 28.1 Å². The van der Waals surface area contributed by atoms with E-state index in [1.807, 2.05) is 0 Å². The second kappa shape index (κ2) is 8.27. The number of carbonyl (C=O) groups excluding carboxylic acids is 1. The zero-order valence-corrected chi connectivity index (χ0v) is 16.6. The first-order chi connectivity index (χ1) is 12.8. The predicted octanol–water partition coefficient (Wildman–Crippen LogP) is 2.67. The summed E-state index contributed by atoms with van der Waals surface area (Å²) in [5.41, 5.74) is 0. The van der Waals surface area contributed by atoms with Crippen molar-refractivity contribution < 1.29 is 17.6 Å². The van der Waals surface area contributed by atoms with Crippen LogP contribution in [0.1, 0.15) is 30.2 Å². The summed E-state index contributed by atoms with van der Waals surface area (Å²) in [6, 6.07) is 11.4. The summed E-state index contributed by atoms with van der Waals surface area (Å²) in [6.45, 7) is 8.41. The van der Waals surface area contributed by atoms with Crippen molar-refractivity contribution in [3.8, 4) is 0 Å². The van der Waals surface area contributed by atoms with E-state index < -0.39 is 9.84 Å². The molecular weight excluding hydrogens is 364 g/mol. The molecule has 0 spiro atoms. The quantitative estimate of drug-likeness (QED) is 0.758. The van der Waals surface area contributed by atoms with Gasteiger partial charge < -0.3 is 9.32 Å². The van der Waals surface area contributed by atoms with Gasteiger partial charge in [0.15, 0.2) is 15.6 Å². The van der Waals surface area contributed by atoms with E-state index in [2.05, 4.69) is 18.7 Å². The third-order valence-electron chi connectivity index (χ3n) is 4.59. The van der Waals surface area contributed by atoms with Gasteiger partial charge in [-0.15, -0.1) is 0 Å². The molecular formula is C20H26N2O4S. The normalized spacial score (nSPS) is 16.0. The smallest absolute Gasteiger partial charge is 0.289 e. The molecule has 0 bridgehead atoms. The summed E-state index contributed by atoms with van der Waals surface area (Å²) in [7, 11) is -3.49. The lowest BCUT2D eigenvalue weighted by Crippen LogP contribution is -2.49. The SMILES string of the molecule is CC(C)CN1CCN(C(=O)c2ccc(CS(=O)(=O)c3ccccc3)o2)CC1. The van der Waals surface area contributed by atoms with Crippen molar-refractivity contribution >= 4 is 15.7 Å². The fourth-order valence-corrected chi connectivity index (χ4v) is 4.54. The van der Waals surface area contributed by atoms with Crippen molar-refractivity contribution in [3.05, 3.63) is 54.0 Å². The molecule has 146 valence electrons. The van der Waals surface area contributed by atoms with Crippen LogP contribution in [0.25, 0.3) is 0 Å². The maximum Gasteiger partial charge on any atom is 0.289 e. The van der Waals surface area contributed by atoms with Gasteiger partial charge in [-0.3, -0.25) is 9.69 Å².